The zero-order valence-corrected chi connectivity index (χ0v) is 17.4. The summed E-state index contributed by atoms with van der Waals surface area (Å²) < 4.78 is 0. The lowest BCUT2D eigenvalue weighted by Gasteiger charge is -2.12. The number of halogens is 1. The first-order valence-corrected chi connectivity index (χ1v) is 10.5. The van der Waals surface area contributed by atoms with Crippen LogP contribution in [0.25, 0.3) is 0 Å². The third kappa shape index (κ3) is 4.39. The maximum absolute atomic E-state index is 12.4. The number of nitrogens with one attached hydrogen (secondary N) is 1. The highest BCUT2D eigenvalue weighted by Gasteiger charge is 2.34. The van der Waals surface area contributed by atoms with E-state index in [1.54, 1.807) is 36.4 Å². The highest BCUT2D eigenvalue weighted by atomic mass is 35.5. The predicted molar refractivity (Wildman–Crippen MR) is 114 cm³/mol. The molecule has 2 aromatic carbocycles. The van der Waals surface area contributed by atoms with Crippen molar-refractivity contribution in [2.45, 2.75) is 19.3 Å². The number of amides is 3. The normalized spacial score (nSPS) is 12.9. The zero-order chi connectivity index (χ0) is 21.1. The van der Waals surface area contributed by atoms with E-state index < -0.39 is 0 Å². The van der Waals surface area contributed by atoms with Gasteiger partial charge in [0.15, 0.2) is 0 Å². The molecule has 0 bridgehead atoms. The molecule has 2 heterocycles. The summed E-state index contributed by atoms with van der Waals surface area (Å²) >= 11 is 7.09. The molecule has 1 aliphatic rings. The van der Waals surface area contributed by atoms with Crippen molar-refractivity contribution in [1.29, 1.82) is 0 Å². The van der Waals surface area contributed by atoms with Crippen LogP contribution in [0, 0.1) is 0 Å². The van der Waals surface area contributed by atoms with E-state index in [0.29, 0.717) is 45.6 Å². The number of benzene rings is 2. The van der Waals surface area contributed by atoms with Crippen molar-refractivity contribution >= 4 is 45.8 Å². The second-order valence-corrected chi connectivity index (χ2v) is 8.23. The van der Waals surface area contributed by atoms with Crippen molar-refractivity contribution in [3.05, 3.63) is 75.3 Å². The number of nitrogens with zero attached hydrogens (tertiary/aromatic N) is 3. The van der Waals surface area contributed by atoms with Crippen LogP contribution < -0.4 is 5.32 Å². The van der Waals surface area contributed by atoms with Crippen LogP contribution in [0.5, 0.6) is 0 Å². The van der Waals surface area contributed by atoms with E-state index in [9.17, 15) is 14.4 Å². The van der Waals surface area contributed by atoms with E-state index in [2.05, 4.69) is 15.5 Å². The number of rotatable bonds is 7. The van der Waals surface area contributed by atoms with Crippen molar-refractivity contribution in [2.75, 3.05) is 11.9 Å². The molecule has 9 heteroatoms. The Morgan fingerprint density at radius 1 is 0.967 bits per heavy atom. The molecule has 0 unspecified atom stereocenters. The summed E-state index contributed by atoms with van der Waals surface area (Å²) in [5.74, 6) is -0.750. The minimum absolute atomic E-state index is 0.159. The molecular weight excluding hydrogens is 424 g/mol. The number of carbonyl (C=O) groups is 3. The van der Waals surface area contributed by atoms with Crippen LogP contribution in [0.1, 0.15) is 37.7 Å². The van der Waals surface area contributed by atoms with Crippen LogP contribution in [0.2, 0.25) is 5.02 Å². The zero-order valence-electron chi connectivity index (χ0n) is 15.8. The maximum Gasteiger partial charge on any atom is 0.261 e. The number of anilines is 1. The first kappa shape index (κ1) is 20.2. The van der Waals surface area contributed by atoms with Crippen LogP contribution in [0.4, 0.5) is 5.13 Å². The standard InChI is InChI=1S/C21H17ClN4O3S/c22-14-8-5-13(6-9-14)7-10-17(27)23-21-25-24-18(30-21)11-12-26-19(28)15-3-1-2-4-16(15)20(26)29/h1-6,8-9H,7,10-12H2,(H,23,25,27). The molecule has 0 spiro atoms. The fraction of sp³-hybridized carbons (Fsp3) is 0.190. The summed E-state index contributed by atoms with van der Waals surface area (Å²) in [7, 11) is 0. The van der Waals surface area contributed by atoms with Crippen LogP contribution in [-0.2, 0) is 17.6 Å². The van der Waals surface area contributed by atoms with Gasteiger partial charge in [-0.3, -0.25) is 19.3 Å². The maximum atomic E-state index is 12.4. The Balaban J connectivity index is 1.28. The van der Waals surface area contributed by atoms with Gasteiger partial charge in [-0.05, 0) is 36.2 Å². The second-order valence-electron chi connectivity index (χ2n) is 6.73. The highest BCUT2D eigenvalue weighted by Crippen LogP contribution is 2.23. The van der Waals surface area contributed by atoms with Crippen LogP contribution in [-0.4, -0.2) is 39.4 Å². The minimum Gasteiger partial charge on any atom is -0.301 e. The Bertz CT molecular complexity index is 1080. The summed E-state index contributed by atoms with van der Waals surface area (Å²) in [6, 6.07) is 14.1. The van der Waals surface area contributed by atoms with Gasteiger partial charge in [0.25, 0.3) is 11.8 Å². The molecule has 3 amide bonds. The first-order chi connectivity index (χ1) is 14.5. The van der Waals surface area contributed by atoms with E-state index in [1.165, 1.54) is 16.2 Å². The SMILES string of the molecule is O=C(CCc1ccc(Cl)cc1)Nc1nnc(CCN2C(=O)c3ccccc3C2=O)s1. The Hall–Kier alpha value is -3.10. The van der Waals surface area contributed by atoms with Crippen molar-refractivity contribution in [2.24, 2.45) is 0 Å². The Morgan fingerprint density at radius 3 is 2.30 bits per heavy atom. The fourth-order valence-electron chi connectivity index (χ4n) is 3.15. The summed E-state index contributed by atoms with van der Waals surface area (Å²) in [4.78, 5) is 38.2. The molecule has 0 saturated carbocycles. The average molecular weight is 441 g/mol. The van der Waals surface area contributed by atoms with Gasteiger partial charge in [-0.1, -0.05) is 47.2 Å². The molecule has 0 aliphatic carbocycles. The lowest BCUT2D eigenvalue weighted by atomic mass is 10.1. The topological polar surface area (TPSA) is 92.3 Å². The summed E-state index contributed by atoms with van der Waals surface area (Å²) in [5, 5.41) is 12.5. The largest absolute Gasteiger partial charge is 0.301 e. The summed E-state index contributed by atoms with van der Waals surface area (Å²) in [5.41, 5.74) is 1.87. The third-order valence-corrected chi connectivity index (χ3v) is 5.85. The number of hydrogen-bond donors (Lipinski definition) is 1. The molecule has 152 valence electrons. The van der Waals surface area contributed by atoms with Crippen LogP contribution >= 0.6 is 22.9 Å². The molecule has 1 aromatic heterocycles. The number of hydrogen-bond acceptors (Lipinski definition) is 6. The fourth-order valence-corrected chi connectivity index (χ4v) is 4.02. The van der Waals surface area contributed by atoms with Gasteiger partial charge in [0.1, 0.15) is 5.01 Å². The van der Waals surface area contributed by atoms with Gasteiger partial charge in [-0.25, -0.2) is 0 Å². The number of aromatic nitrogens is 2. The van der Waals surface area contributed by atoms with Crippen molar-refractivity contribution in [3.8, 4) is 0 Å². The van der Waals surface area contributed by atoms with Gasteiger partial charge in [0, 0.05) is 24.4 Å². The lowest BCUT2D eigenvalue weighted by Crippen LogP contribution is -2.31. The number of imide groups is 1. The molecule has 0 fully saturated rings. The van der Waals surface area contributed by atoms with Gasteiger partial charge < -0.3 is 5.32 Å². The Kier molecular flexibility index (Phi) is 5.87. The molecule has 7 nitrogen and oxygen atoms in total. The number of fused-ring (bicyclic) bond motifs is 1. The van der Waals surface area contributed by atoms with E-state index in [1.807, 2.05) is 12.1 Å². The molecule has 1 N–H and O–H groups in total. The summed E-state index contributed by atoms with van der Waals surface area (Å²) in [6.07, 6.45) is 1.28. The van der Waals surface area contributed by atoms with Gasteiger partial charge in [-0.15, -0.1) is 10.2 Å². The van der Waals surface area contributed by atoms with Crippen LogP contribution in [0.15, 0.2) is 48.5 Å². The number of aryl methyl sites for hydroxylation is 1. The van der Waals surface area contributed by atoms with E-state index in [-0.39, 0.29) is 24.3 Å². The van der Waals surface area contributed by atoms with Crippen LogP contribution in [0.3, 0.4) is 0 Å². The second kappa shape index (κ2) is 8.73. The smallest absolute Gasteiger partial charge is 0.261 e. The van der Waals surface area contributed by atoms with Crippen molar-refractivity contribution in [1.82, 2.24) is 15.1 Å². The molecule has 3 aromatic rings. The molecule has 0 saturated heterocycles. The Morgan fingerprint density at radius 2 is 1.63 bits per heavy atom. The molecular formula is C21H17ClN4O3S. The third-order valence-electron chi connectivity index (χ3n) is 4.69. The van der Waals surface area contributed by atoms with Gasteiger partial charge in [0.05, 0.1) is 11.1 Å². The van der Waals surface area contributed by atoms with E-state index in [4.69, 9.17) is 11.6 Å². The lowest BCUT2D eigenvalue weighted by molar-refractivity contribution is -0.116. The van der Waals surface area contributed by atoms with Gasteiger partial charge in [0.2, 0.25) is 11.0 Å². The number of carbonyl (C=O) groups excluding carboxylic acids is 3. The van der Waals surface area contributed by atoms with Gasteiger partial charge >= 0.3 is 0 Å². The van der Waals surface area contributed by atoms with Gasteiger partial charge in [-0.2, -0.15) is 0 Å². The molecule has 30 heavy (non-hydrogen) atoms. The van der Waals surface area contributed by atoms with Crippen molar-refractivity contribution < 1.29 is 14.4 Å². The van der Waals surface area contributed by atoms with Crippen molar-refractivity contribution in [3.63, 3.8) is 0 Å². The highest BCUT2D eigenvalue weighted by molar-refractivity contribution is 7.15. The summed E-state index contributed by atoms with van der Waals surface area (Å²) in [6.45, 7) is 0.214. The minimum atomic E-state index is -0.296. The molecule has 1 aliphatic heterocycles. The molecule has 4 rings (SSSR count). The first-order valence-electron chi connectivity index (χ1n) is 9.33. The van der Waals surface area contributed by atoms with E-state index in [0.717, 1.165) is 5.56 Å². The quantitative estimate of drug-likeness (QED) is 0.566. The monoisotopic (exact) mass is 440 g/mol. The Labute approximate surface area is 181 Å². The molecule has 0 atom stereocenters. The van der Waals surface area contributed by atoms with E-state index >= 15 is 0 Å². The predicted octanol–water partition coefficient (Wildman–Crippen LogP) is 3.60. The average Bonchev–Trinajstić information content (AvgIpc) is 3.29. The molecule has 0 radical (unpaired) electrons.